The van der Waals surface area contributed by atoms with Crippen molar-refractivity contribution in [2.75, 3.05) is 11.9 Å². The Kier molecular flexibility index (Phi) is 2.91. The summed E-state index contributed by atoms with van der Waals surface area (Å²) >= 11 is 3.56. The third-order valence-corrected chi connectivity index (χ3v) is 4.97. The summed E-state index contributed by atoms with van der Waals surface area (Å²) in [5.74, 6) is 0.641. The zero-order valence-corrected chi connectivity index (χ0v) is 11.8. The highest BCUT2D eigenvalue weighted by Crippen LogP contribution is 2.45. The molecule has 1 aromatic carbocycles. The van der Waals surface area contributed by atoms with Crippen LogP contribution in [0.15, 0.2) is 22.7 Å². The van der Waals surface area contributed by atoms with E-state index in [0.29, 0.717) is 12.0 Å². The van der Waals surface area contributed by atoms with Gasteiger partial charge in [0.05, 0.1) is 0 Å². The number of fused-ring (bicyclic) bond motifs is 2. The summed E-state index contributed by atoms with van der Waals surface area (Å²) in [6.07, 6.45) is 5.27. The van der Waals surface area contributed by atoms with Crippen LogP contribution in [0.5, 0.6) is 0 Å². The molecule has 1 aromatic rings. The van der Waals surface area contributed by atoms with Gasteiger partial charge in [-0.15, -0.1) is 0 Å². The van der Waals surface area contributed by atoms with Crippen molar-refractivity contribution in [1.29, 1.82) is 0 Å². The second-order valence-electron chi connectivity index (χ2n) is 5.36. The van der Waals surface area contributed by atoms with Gasteiger partial charge in [-0.1, -0.05) is 34.8 Å². The first-order valence-corrected chi connectivity index (χ1v) is 7.25. The molecule has 3 rings (SSSR count). The molecule has 92 valence electrons. The van der Waals surface area contributed by atoms with E-state index >= 15 is 0 Å². The van der Waals surface area contributed by atoms with E-state index in [2.05, 4.69) is 46.1 Å². The van der Waals surface area contributed by atoms with Crippen molar-refractivity contribution >= 4 is 21.6 Å². The van der Waals surface area contributed by atoms with Crippen LogP contribution >= 0.6 is 15.9 Å². The Hall–Kier alpha value is -0.540. The summed E-state index contributed by atoms with van der Waals surface area (Å²) in [6, 6.07) is 7.36. The molecule has 3 unspecified atom stereocenters. The molecule has 2 aliphatic rings. The van der Waals surface area contributed by atoms with Crippen LogP contribution in [0.4, 0.5) is 5.69 Å². The van der Waals surface area contributed by atoms with Crippen molar-refractivity contribution in [2.45, 2.75) is 37.8 Å². The highest BCUT2D eigenvalue weighted by atomic mass is 79.9. The van der Waals surface area contributed by atoms with Crippen LogP contribution in [0.1, 0.15) is 37.3 Å². The standard InChI is InChI=1S/C14H19BrN2/c1-17-12-5-3-2-4-10(12)14(16)11-7-6-9(15)8-13(11)17/h6-8,10,12,14H,2-5,16H2,1H3. The number of nitrogens with two attached hydrogens (primary N) is 1. The first-order valence-electron chi connectivity index (χ1n) is 6.46. The first kappa shape index (κ1) is 11.5. The minimum atomic E-state index is 0.222. The van der Waals surface area contributed by atoms with E-state index in [-0.39, 0.29) is 6.04 Å². The molecule has 1 saturated carbocycles. The molecule has 0 spiro atoms. The number of anilines is 1. The van der Waals surface area contributed by atoms with Crippen LogP contribution in [-0.2, 0) is 0 Å². The maximum Gasteiger partial charge on any atom is 0.0426 e. The highest BCUT2D eigenvalue weighted by molar-refractivity contribution is 9.10. The van der Waals surface area contributed by atoms with E-state index in [0.717, 1.165) is 4.47 Å². The second kappa shape index (κ2) is 4.29. The molecule has 1 aliphatic heterocycles. The van der Waals surface area contributed by atoms with Crippen LogP contribution in [0.25, 0.3) is 0 Å². The monoisotopic (exact) mass is 294 g/mol. The lowest BCUT2D eigenvalue weighted by Gasteiger charge is -2.47. The van der Waals surface area contributed by atoms with Gasteiger partial charge in [0, 0.05) is 29.3 Å². The number of halogens is 1. The Morgan fingerprint density at radius 3 is 2.88 bits per heavy atom. The van der Waals surface area contributed by atoms with E-state index in [1.165, 1.54) is 36.9 Å². The van der Waals surface area contributed by atoms with Crippen molar-refractivity contribution in [3.05, 3.63) is 28.2 Å². The summed E-state index contributed by atoms with van der Waals surface area (Å²) in [6.45, 7) is 0. The summed E-state index contributed by atoms with van der Waals surface area (Å²) in [5, 5.41) is 0. The lowest BCUT2D eigenvalue weighted by molar-refractivity contribution is 0.246. The van der Waals surface area contributed by atoms with E-state index in [9.17, 15) is 0 Å². The van der Waals surface area contributed by atoms with E-state index in [1.54, 1.807) is 0 Å². The smallest absolute Gasteiger partial charge is 0.0426 e. The third kappa shape index (κ3) is 1.80. The Labute approximate surface area is 111 Å². The van der Waals surface area contributed by atoms with E-state index < -0.39 is 0 Å². The average Bonchev–Trinajstić information content (AvgIpc) is 2.36. The molecule has 0 amide bonds. The van der Waals surface area contributed by atoms with Gasteiger partial charge < -0.3 is 10.6 Å². The maximum atomic E-state index is 6.47. The van der Waals surface area contributed by atoms with Gasteiger partial charge >= 0.3 is 0 Å². The lowest BCUT2D eigenvalue weighted by atomic mass is 9.74. The lowest BCUT2D eigenvalue weighted by Crippen LogP contribution is -2.48. The summed E-state index contributed by atoms with van der Waals surface area (Å²) in [7, 11) is 2.22. The van der Waals surface area contributed by atoms with Crippen molar-refractivity contribution in [3.8, 4) is 0 Å². The van der Waals surface area contributed by atoms with Crippen molar-refractivity contribution < 1.29 is 0 Å². The van der Waals surface area contributed by atoms with Crippen molar-refractivity contribution in [2.24, 2.45) is 11.7 Å². The molecule has 1 heterocycles. The van der Waals surface area contributed by atoms with Crippen LogP contribution < -0.4 is 10.6 Å². The van der Waals surface area contributed by atoms with Gasteiger partial charge in [0.25, 0.3) is 0 Å². The minimum Gasteiger partial charge on any atom is -0.371 e. The van der Waals surface area contributed by atoms with Gasteiger partial charge in [0.1, 0.15) is 0 Å². The van der Waals surface area contributed by atoms with Gasteiger partial charge in [0.2, 0.25) is 0 Å². The molecule has 0 saturated heterocycles. The molecule has 0 radical (unpaired) electrons. The van der Waals surface area contributed by atoms with Crippen molar-refractivity contribution in [1.82, 2.24) is 0 Å². The molecule has 2 nitrogen and oxygen atoms in total. The summed E-state index contributed by atoms with van der Waals surface area (Å²) in [4.78, 5) is 2.45. The Balaban J connectivity index is 2.07. The SMILES string of the molecule is CN1c2cc(Br)ccc2C(N)C2CCCCC21. The average molecular weight is 295 g/mol. The van der Waals surface area contributed by atoms with Crippen LogP contribution in [0, 0.1) is 5.92 Å². The van der Waals surface area contributed by atoms with Gasteiger partial charge in [-0.25, -0.2) is 0 Å². The zero-order chi connectivity index (χ0) is 12.0. The van der Waals surface area contributed by atoms with Crippen LogP contribution in [0.2, 0.25) is 0 Å². The Morgan fingerprint density at radius 2 is 2.06 bits per heavy atom. The Morgan fingerprint density at radius 1 is 1.29 bits per heavy atom. The van der Waals surface area contributed by atoms with Crippen LogP contribution in [-0.4, -0.2) is 13.1 Å². The molecule has 3 atom stereocenters. The maximum absolute atomic E-state index is 6.47. The summed E-state index contributed by atoms with van der Waals surface area (Å²) in [5.41, 5.74) is 9.10. The molecule has 3 heteroatoms. The van der Waals surface area contributed by atoms with Gasteiger partial charge in [-0.2, -0.15) is 0 Å². The topological polar surface area (TPSA) is 29.3 Å². The zero-order valence-electron chi connectivity index (χ0n) is 10.2. The molecular weight excluding hydrogens is 276 g/mol. The van der Waals surface area contributed by atoms with Crippen molar-refractivity contribution in [3.63, 3.8) is 0 Å². The van der Waals surface area contributed by atoms with Crippen LogP contribution in [0.3, 0.4) is 0 Å². The van der Waals surface area contributed by atoms with E-state index in [1.807, 2.05) is 0 Å². The molecule has 2 N–H and O–H groups in total. The number of benzene rings is 1. The highest BCUT2D eigenvalue weighted by Gasteiger charge is 2.38. The molecule has 0 bridgehead atoms. The minimum absolute atomic E-state index is 0.222. The Bertz CT molecular complexity index is 432. The number of hydrogen-bond acceptors (Lipinski definition) is 2. The summed E-state index contributed by atoms with van der Waals surface area (Å²) < 4.78 is 1.14. The molecule has 0 aromatic heterocycles. The fraction of sp³-hybridized carbons (Fsp3) is 0.571. The van der Waals surface area contributed by atoms with Gasteiger partial charge in [-0.3, -0.25) is 0 Å². The largest absolute Gasteiger partial charge is 0.371 e. The van der Waals surface area contributed by atoms with Gasteiger partial charge in [-0.05, 0) is 36.5 Å². The predicted octanol–water partition coefficient (Wildman–Crippen LogP) is 3.46. The fourth-order valence-electron chi connectivity index (χ4n) is 3.55. The second-order valence-corrected chi connectivity index (χ2v) is 6.27. The van der Waals surface area contributed by atoms with Gasteiger partial charge in [0.15, 0.2) is 0 Å². The number of nitrogens with zero attached hydrogens (tertiary/aromatic N) is 1. The third-order valence-electron chi connectivity index (χ3n) is 4.47. The number of hydrogen-bond donors (Lipinski definition) is 1. The fourth-order valence-corrected chi connectivity index (χ4v) is 3.90. The molecular formula is C14H19BrN2. The first-order chi connectivity index (χ1) is 8.18. The molecule has 1 aliphatic carbocycles. The quantitative estimate of drug-likeness (QED) is 0.794. The normalized spacial score (nSPS) is 31.9. The molecule has 1 fully saturated rings. The predicted molar refractivity (Wildman–Crippen MR) is 75.2 cm³/mol. The number of rotatable bonds is 0. The van der Waals surface area contributed by atoms with E-state index in [4.69, 9.17) is 5.73 Å². The molecule has 17 heavy (non-hydrogen) atoms.